The molecular weight excluding hydrogens is 297 g/mol. The lowest BCUT2D eigenvalue weighted by atomic mass is 10.2. The number of carbonyl (C=O) groups excluding carboxylic acids is 1. The lowest BCUT2D eigenvalue weighted by Crippen LogP contribution is -2.10. The van der Waals surface area contributed by atoms with Crippen molar-refractivity contribution in [2.45, 2.75) is 6.92 Å². The first kappa shape index (κ1) is 15.1. The standard InChI is InChI=1S/C14H13ClFN3O2/c1-2-21-14(20)10-6-9(17)7-18-13(10)19-12-4-3-8(15)5-11(12)16/h3-7H,2,17H2,1H3,(H,18,19). The molecule has 5 nitrogen and oxygen atoms in total. The van der Waals surface area contributed by atoms with Gasteiger partial charge in [0.1, 0.15) is 17.2 Å². The number of halogens is 2. The summed E-state index contributed by atoms with van der Waals surface area (Å²) in [5, 5.41) is 3.01. The molecule has 110 valence electrons. The Bertz CT molecular complexity index is 679. The van der Waals surface area contributed by atoms with E-state index in [1.54, 1.807) is 6.92 Å². The molecule has 2 aromatic rings. The van der Waals surface area contributed by atoms with E-state index in [2.05, 4.69) is 10.3 Å². The highest BCUT2D eigenvalue weighted by atomic mass is 35.5. The molecule has 0 saturated carbocycles. The normalized spacial score (nSPS) is 10.2. The van der Waals surface area contributed by atoms with Gasteiger partial charge in [0.2, 0.25) is 0 Å². The second-order valence-electron chi connectivity index (χ2n) is 4.13. The van der Waals surface area contributed by atoms with E-state index in [1.165, 1.54) is 24.4 Å². The molecule has 0 saturated heterocycles. The molecule has 0 atom stereocenters. The number of esters is 1. The Kier molecular flexibility index (Phi) is 4.59. The van der Waals surface area contributed by atoms with Crippen LogP contribution in [-0.4, -0.2) is 17.6 Å². The number of aromatic nitrogens is 1. The van der Waals surface area contributed by atoms with E-state index >= 15 is 0 Å². The number of hydrogen-bond donors (Lipinski definition) is 2. The Hall–Kier alpha value is -2.34. The van der Waals surface area contributed by atoms with E-state index in [0.29, 0.717) is 5.69 Å². The van der Waals surface area contributed by atoms with Gasteiger partial charge < -0.3 is 15.8 Å². The molecule has 0 amide bonds. The van der Waals surface area contributed by atoms with Gasteiger partial charge in [0.15, 0.2) is 0 Å². The van der Waals surface area contributed by atoms with E-state index in [4.69, 9.17) is 22.1 Å². The number of ether oxygens (including phenoxy) is 1. The SMILES string of the molecule is CCOC(=O)c1cc(N)cnc1Nc1ccc(Cl)cc1F. The molecule has 0 spiro atoms. The number of nitrogens with one attached hydrogen (secondary N) is 1. The maximum atomic E-state index is 13.8. The molecular formula is C14H13ClFN3O2. The quantitative estimate of drug-likeness (QED) is 0.847. The van der Waals surface area contributed by atoms with E-state index in [0.717, 1.165) is 6.07 Å². The van der Waals surface area contributed by atoms with Gasteiger partial charge >= 0.3 is 5.97 Å². The second-order valence-corrected chi connectivity index (χ2v) is 4.57. The Morgan fingerprint density at radius 3 is 2.90 bits per heavy atom. The van der Waals surface area contributed by atoms with E-state index < -0.39 is 11.8 Å². The van der Waals surface area contributed by atoms with Gasteiger partial charge in [0, 0.05) is 5.02 Å². The van der Waals surface area contributed by atoms with Crippen molar-refractivity contribution in [2.75, 3.05) is 17.7 Å². The third kappa shape index (κ3) is 3.61. The Morgan fingerprint density at radius 1 is 1.48 bits per heavy atom. The van der Waals surface area contributed by atoms with Crippen molar-refractivity contribution in [3.05, 3.63) is 46.9 Å². The molecule has 0 fully saturated rings. The number of carbonyl (C=O) groups is 1. The maximum absolute atomic E-state index is 13.8. The Labute approximate surface area is 125 Å². The summed E-state index contributed by atoms with van der Waals surface area (Å²) in [5.74, 6) is -0.992. The highest BCUT2D eigenvalue weighted by Gasteiger charge is 2.16. The summed E-state index contributed by atoms with van der Waals surface area (Å²) in [7, 11) is 0. The summed E-state index contributed by atoms with van der Waals surface area (Å²) in [6.07, 6.45) is 1.36. The number of anilines is 3. The molecule has 2 rings (SSSR count). The lowest BCUT2D eigenvalue weighted by Gasteiger charge is -2.11. The molecule has 21 heavy (non-hydrogen) atoms. The number of rotatable bonds is 4. The van der Waals surface area contributed by atoms with Crippen molar-refractivity contribution >= 4 is 34.8 Å². The fourth-order valence-electron chi connectivity index (χ4n) is 1.66. The summed E-state index contributed by atoms with van der Waals surface area (Å²) < 4.78 is 18.7. The molecule has 1 heterocycles. The third-order valence-corrected chi connectivity index (χ3v) is 2.82. The van der Waals surface area contributed by atoms with Crippen LogP contribution in [0.2, 0.25) is 5.02 Å². The van der Waals surface area contributed by atoms with Crippen LogP contribution in [0.1, 0.15) is 17.3 Å². The number of nitrogen functional groups attached to an aromatic ring is 1. The van der Waals surface area contributed by atoms with Crippen molar-refractivity contribution < 1.29 is 13.9 Å². The van der Waals surface area contributed by atoms with Crippen molar-refractivity contribution in [1.82, 2.24) is 4.98 Å². The van der Waals surface area contributed by atoms with E-state index in [9.17, 15) is 9.18 Å². The van der Waals surface area contributed by atoms with Crippen LogP contribution in [0.25, 0.3) is 0 Å². The van der Waals surface area contributed by atoms with Gasteiger partial charge in [-0.1, -0.05) is 11.6 Å². The van der Waals surface area contributed by atoms with Crippen LogP contribution in [0.4, 0.5) is 21.6 Å². The first-order valence-electron chi connectivity index (χ1n) is 6.16. The summed E-state index contributed by atoms with van der Waals surface area (Å²) in [5.41, 5.74) is 6.19. The molecule has 0 aliphatic rings. The van der Waals surface area contributed by atoms with Crippen LogP contribution in [0, 0.1) is 5.82 Å². The first-order valence-corrected chi connectivity index (χ1v) is 6.53. The topological polar surface area (TPSA) is 77.2 Å². The van der Waals surface area contributed by atoms with Crippen molar-refractivity contribution in [3.8, 4) is 0 Å². The molecule has 1 aromatic carbocycles. The van der Waals surface area contributed by atoms with Crippen LogP contribution in [0.3, 0.4) is 0 Å². The van der Waals surface area contributed by atoms with Crippen LogP contribution < -0.4 is 11.1 Å². The average molecular weight is 310 g/mol. The molecule has 1 aromatic heterocycles. The van der Waals surface area contributed by atoms with Crippen LogP contribution in [-0.2, 0) is 4.74 Å². The van der Waals surface area contributed by atoms with Crippen LogP contribution in [0.5, 0.6) is 0 Å². The Morgan fingerprint density at radius 2 is 2.24 bits per heavy atom. The number of benzene rings is 1. The number of nitrogens with two attached hydrogens (primary N) is 1. The van der Waals surface area contributed by atoms with Crippen molar-refractivity contribution in [3.63, 3.8) is 0 Å². The fraction of sp³-hybridized carbons (Fsp3) is 0.143. The minimum atomic E-state index is -0.589. The van der Waals surface area contributed by atoms with Crippen LogP contribution >= 0.6 is 11.6 Å². The molecule has 3 N–H and O–H groups in total. The first-order chi connectivity index (χ1) is 10.0. The highest BCUT2D eigenvalue weighted by molar-refractivity contribution is 6.30. The zero-order valence-corrected chi connectivity index (χ0v) is 11.9. The minimum absolute atomic E-state index is 0.131. The molecule has 0 aliphatic heterocycles. The molecule has 7 heteroatoms. The smallest absolute Gasteiger partial charge is 0.341 e. The van der Waals surface area contributed by atoms with E-state index in [1.807, 2.05) is 0 Å². The van der Waals surface area contributed by atoms with Gasteiger partial charge in [0.25, 0.3) is 0 Å². The number of nitrogens with zero attached hydrogens (tertiary/aromatic N) is 1. The summed E-state index contributed by atoms with van der Waals surface area (Å²) in [6.45, 7) is 1.89. The van der Waals surface area contributed by atoms with E-state index in [-0.39, 0.29) is 28.7 Å². The Balaban J connectivity index is 2.37. The second kappa shape index (κ2) is 6.41. The molecule has 0 unspecified atom stereocenters. The summed E-state index contributed by atoms with van der Waals surface area (Å²) in [6, 6.07) is 5.55. The molecule has 0 aliphatic carbocycles. The third-order valence-electron chi connectivity index (χ3n) is 2.59. The predicted molar refractivity (Wildman–Crippen MR) is 79.3 cm³/mol. The molecule has 0 bridgehead atoms. The monoisotopic (exact) mass is 309 g/mol. The minimum Gasteiger partial charge on any atom is -0.462 e. The number of hydrogen-bond acceptors (Lipinski definition) is 5. The zero-order chi connectivity index (χ0) is 15.4. The van der Waals surface area contributed by atoms with Crippen molar-refractivity contribution in [2.24, 2.45) is 0 Å². The summed E-state index contributed by atoms with van der Waals surface area (Å²) >= 11 is 5.69. The number of pyridine rings is 1. The summed E-state index contributed by atoms with van der Waals surface area (Å²) in [4.78, 5) is 15.9. The van der Waals surface area contributed by atoms with Gasteiger partial charge in [-0.05, 0) is 31.2 Å². The lowest BCUT2D eigenvalue weighted by molar-refractivity contribution is 0.0527. The predicted octanol–water partition coefficient (Wildman–Crippen LogP) is 3.38. The van der Waals surface area contributed by atoms with Crippen molar-refractivity contribution in [1.29, 1.82) is 0 Å². The maximum Gasteiger partial charge on any atom is 0.341 e. The zero-order valence-electron chi connectivity index (χ0n) is 11.2. The molecule has 0 radical (unpaired) electrons. The van der Waals surface area contributed by atoms with Gasteiger partial charge in [-0.25, -0.2) is 14.2 Å². The van der Waals surface area contributed by atoms with Gasteiger partial charge in [-0.15, -0.1) is 0 Å². The fourth-order valence-corrected chi connectivity index (χ4v) is 1.82. The van der Waals surface area contributed by atoms with Gasteiger partial charge in [0.05, 0.1) is 24.2 Å². The average Bonchev–Trinajstić information content (AvgIpc) is 2.43. The highest BCUT2D eigenvalue weighted by Crippen LogP contribution is 2.25. The van der Waals surface area contributed by atoms with Gasteiger partial charge in [-0.3, -0.25) is 0 Å². The van der Waals surface area contributed by atoms with Gasteiger partial charge in [-0.2, -0.15) is 0 Å². The largest absolute Gasteiger partial charge is 0.462 e. The van der Waals surface area contributed by atoms with Crippen LogP contribution in [0.15, 0.2) is 30.5 Å².